The third kappa shape index (κ3) is 5.67. The Balaban J connectivity index is 2.02. The molecule has 1 aliphatic rings. The predicted octanol–water partition coefficient (Wildman–Crippen LogP) is 5.08. The summed E-state index contributed by atoms with van der Waals surface area (Å²) in [6, 6.07) is 10.6. The topological polar surface area (TPSA) is 26.3 Å². The molecule has 0 fully saturated rings. The van der Waals surface area contributed by atoms with E-state index in [1.807, 2.05) is 6.92 Å². The highest BCUT2D eigenvalue weighted by Crippen LogP contribution is 2.29. The molecule has 0 amide bonds. The Morgan fingerprint density at radius 1 is 1.18 bits per heavy atom. The Bertz CT molecular complexity index is 476. The summed E-state index contributed by atoms with van der Waals surface area (Å²) in [5.74, 6) is 0.416. The van der Waals surface area contributed by atoms with Crippen LogP contribution < -0.4 is 0 Å². The first-order chi connectivity index (χ1) is 10.8. The number of benzene rings is 1. The van der Waals surface area contributed by atoms with Crippen LogP contribution in [0.3, 0.4) is 0 Å². The minimum absolute atomic E-state index is 0.0604. The maximum Gasteiger partial charge on any atom is 0.305 e. The number of allylic oxidation sites excluding steroid dienone is 2. The predicted molar refractivity (Wildman–Crippen MR) is 90.7 cm³/mol. The first-order valence-electron chi connectivity index (χ1n) is 8.68. The number of hydrogen-bond donors (Lipinski definition) is 0. The molecule has 1 aromatic carbocycles. The van der Waals surface area contributed by atoms with Gasteiger partial charge >= 0.3 is 5.97 Å². The lowest BCUT2D eigenvalue weighted by atomic mass is 9.85. The first kappa shape index (κ1) is 16.8. The van der Waals surface area contributed by atoms with E-state index in [-0.39, 0.29) is 5.97 Å². The molecule has 2 nitrogen and oxygen atoms in total. The first-order valence-corrected chi connectivity index (χ1v) is 8.68. The standard InChI is InChI=1S/C20H28O2/c1-2-22-20(21)15-14-19(16-17-10-6-5-7-11-17)18-12-8-3-4-9-13-18/h5-7,10-12,19H,2-4,8-9,13-16H2,1H3. The fourth-order valence-corrected chi connectivity index (χ4v) is 3.25. The summed E-state index contributed by atoms with van der Waals surface area (Å²) in [5.41, 5.74) is 2.92. The van der Waals surface area contributed by atoms with Crippen LogP contribution in [0.1, 0.15) is 57.4 Å². The molecule has 1 aliphatic carbocycles. The lowest BCUT2D eigenvalue weighted by Crippen LogP contribution is -2.12. The zero-order valence-electron chi connectivity index (χ0n) is 13.7. The Morgan fingerprint density at radius 2 is 2.00 bits per heavy atom. The second-order valence-electron chi connectivity index (χ2n) is 6.11. The lowest BCUT2D eigenvalue weighted by molar-refractivity contribution is -0.143. The summed E-state index contributed by atoms with van der Waals surface area (Å²) in [6.45, 7) is 2.35. The minimum atomic E-state index is -0.0604. The highest BCUT2D eigenvalue weighted by Gasteiger charge is 2.18. The van der Waals surface area contributed by atoms with E-state index < -0.39 is 0 Å². The molecule has 22 heavy (non-hydrogen) atoms. The average molecular weight is 300 g/mol. The van der Waals surface area contributed by atoms with E-state index in [2.05, 4.69) is 36.4 Å². The average Bonchev–Trinajstić information content (AvgIpc) is 2.82. The summed E-state index contributed by atoms with van der Waals surface area (Å²) >= 11 is 0. The van der Waals surface area contributed by atoms with Crippen LogP contribution in [0.15, 0.2) is 42.0 Å². The van der Waals surface area contributed by atoms with Crippen molar-refractivity contribution in [2.24, 2.45) is 5.92 Å². The van der Waals surface area contributed by atoms with Crippen LogP contribution in [-0.2, 0) is 16.0 Å². The fraction of sp³-hybridized carbons (Fsp3) is 0.550. The van der Waals surface area contributed by atoms with Crippen molar-refractivity contribution in [3.63, 3.8) is 0 Å². The molecule has 1 unspecified atom stereocenters. The van der Waals surface area contributed by atoms with E-state index >= 15 is 0 Å². The van der Waals surface area contributed by atoms with Crippen molar-refractivity contribution >= 4 is 5.97 Å². The summed E-state index contributed by atoms with van der Waals surface area (Å²) < 4.78 is 5.10. The largest absolute Gasteiger partial charge is 0.466 e. The van der Waals surface area contributed by atoms with Gasteiger partial charge in [-0.05, 0) is 56.9 Å². The molecule has 0 saturated heterocycles. The normalized spacial score (nSPS) is 16.5. The number of rotatable bonds is 7. The molecule has 1 atom stereocenters. The van der Waals surface area contributed by atoms with Gasteiger partial charge in [0.1, 0.15) is 0 Å². The summed E-state index contributed by atoms with van der Waals surface area (Å²) in [6.07, 6.45) is 11.2. The highest BCUT2D eigenvalue weighted by molar-refractivity contribution is 5.69. The Labute approximate surface area is 134 Å². The second-order valence-corrected chi connectivity index (χ2v) is 6.11. The third-order valence-corrected chi connectivity index (χ3v) is 4.43. The van der Waals surface area contributed by atoms with Crippen molar-refractivity contribution in [1.29, 1.82) is 0 Å². The van der Waals surface area contributed by atoms with Gasteiger partial charge in [-0.3, -0.25) is 4.79 Å². The van der Waals surface area contributed by atoms with Crippen molar-refractivity contribution in [1.82, 2.24) is 0 Å². The highest BCUT2D eigenvalue weighted by atomic mass is 16.5. The van der Waals surface area contributed by atoms with Crippen LogP contribution in [0.4, 0.5) is 0 Å². The molecular formula is C20H28O2. The molecule has 2 heteroatoms. The van der Waals surface area contributed by atoms with Crippen LogP contribution in [0.25, 0.3) is 0 Å². The number of esters is 1. The Morgan fingerprint density at radius 3 is 2.77 bits per heavy atom. The van der Waals surface area contributed by atoms with Gasteiger partial charge in [0.2, 0.25) is 0 Å². The van der Waals surface area contributed by atoms with Gasteiger partial charge in [0, 0.05) is 6.42 Å². The van der Waals surface area contributed by atoms with Gasteiger partial charge in [-0.2, -0.15) is 0 Å². The van der Waals surface area contributed by atoms with Crippen LogP contribution in [0.5, 0.6) is 0 Å². The Kier molecular flexibility index (Phi) is 7.21. The molecule has 0 heterocycles. The van der Waals surface area contributed by atoms with Crippen molar-refractivity contribution < 1.29 is 9.53 Å². The smallest absolute Gasteiger partial charge is 0.305 e. The molecule has 0 saturated carbocycles. The molecular weight excluding hydrogens is 272 g/mol. The zero-order valence-corrected chi connectivity index (χ0v) is 13.7. The van der Waals surface area contributed by atoms with Gasteiger partial charge in [0.05, 0.1) is 6.61 Å². The van der Waals surface area contributed by atoms with Gasteiger partial charge in [-0.25, -0.2) is 0 Å². The van der Waals surface area contributed by atoms with E-state index in [9.17, 15) is 4.79 Å². The minimum Gasteiger partial charge on any atom is -0.466 e. The van der Waals surface area contributed by atoms with Gasteiger partial charge < -0.3 is 4.74 Å². The zero-order chi connectivity index (χ0) is 15.6. The molecule has 0 spiro atoms. The maximum absolute atomic E-state index is 11.7. The molecule has 0 bridgehead atoms. The van der Waals surface area contributed by atoms with E-state index in [4.69, 9.17) is 4.74 Å². The SMILES string of the molecule is CCOC(=O)CCC(Cc1ccccc1)C1=CCCCCC1. The molecule has 0 radical (unpaired) electrons. The van der Waals surface area contributed by atoms with Crippen LogP contribution in [0.2, 0.25) is 0 Å². The maximum atomic E-state index is 11.7. The van der Waals surface area contributed by atoms with Crippen LogP contribution in [-0.4, -0.2) is 12.6 Å². The van der Waals surface area contributed by atoms with Crippen molar-refractivity contribution in [3.05, 3.63) is 47.5 Å². The van der Waals surface area contributed by atoms with E-state index in [0.717, 1.165) is 12.8 Å². The molecule has 0 N–H and O–H groups in total. The monoisotopic (exact) mass is 300 g/mol. The van der Waals surface area contributed by atoms with Gasteiger partial charge in [-0.15, -0.1) is 0 Å². The van der Waals surface area contributed by atoms with Crippen LogP contribution in [0, 0.1) is 5.92 Å². The summed E-state index contributed by atoms with van der Waals surface area (Å²) in [7, 11) is 0. The number of carbonyl (C=O) groups excluding carboxylic acids is 1. The lowest BCUT2D eigenvalue weighted by Gasteiger charge is -2.20. The van der Waals surface area contributed by atoms with Gasteiger partial charge in [0.15, 0.2) is 0 Å². The molecule has 120 valence electrons. The van der Waals surface area contributed by atoms with E-state index in [1.165, 1.54) is 37.7 Å². The molecule has 0 aromatic heterocycles. The van der Waals surface area contributed by atoms with Gasteiger partial charge in [-0.1, -0.05) is 48.4 Å². The second kappa shape index (κ2) is 9.45. The fourth-order valence-electron chi connectivity index (χ4n) is 3.25. The number of ether oxygens (including phenoxy) is 1. The van der Waals surface area contributed by atoms with E-state index in [0.29, 0.717) is 18.9 Å². The molecule has 1 aromatic rings. The van der Waals surface area contributed by atoms with Crippen molar-refractivity contribution in [2.75, 3.05) is 6.61 Å². The summed E-state index contributed by atoms with van der Waals surface area (Å²) in [4.78, 5) is 11.7. The van der Waals surface area contributed by atoms with E-state index in [1.54, 1.807) is 5.57 Å². The summed E-state index contributed by atoms with van der Waals surface area (Å²) in [5, 5.41) is 0. The van der Waals surface area contributed by atoms with Crippen molar-refractivity contribution in [3.8, 4) is 0 Å². The van der Waals surface area contributed by atoms with Crippen molar-refractivity contribution in [2.45, 2.75) is 58.3 Å². The number of carbonyl (C=O) groups is 1. The Hall–Kier alpha value is -1.57. The molecule has 2 rings (SSSR count). The van der Waals surface area contributed by atoms with Crippen LogP contribution >= 0.6 is 0 Å². The third-order valence-electron chi connectivity index (χ3n) is 4.43. The number of hydrogen-bond acceptors (Lipinski definition) is 2. The van der Waals surface area contributed by atoms with Gasteiger partial charge in [0.25, 0.3) is 0 Å². The molecule has 0 aliphatic heterocycles. The quantitative estimate of drug-likeness (QED) is 0.518.